The van der Waals surface area contributed by atoms with Gasteiger partial charge in [-0.25, -0.2) is 0 Å². The first-order valence-corrected chi connectivity index (χ1v) is 8.00. The predicted molar refractivity (Wildman–Crippen MR) is 77.9 cm³/mol. The van der Waals surface area contributed by atoms with E-state index in [-0.39, 0.29) is 0 Å². The molecule has 1 aromatic rings. The summed E-state index contributed by atoms with van der Waals surface area (Å²) >= 11 is 0. The highest BCUT2D eigenvalue weighted by Gasteiger charge is 2.48. The third-order valence-electron chi connectivity index (χ3n) is 5.90. The molecule has 0 unspecified atom stereocenters. The minimum atomic E-state index is 0.677. The Balaban J connectivity index is 1.46. The zero-order chi connectivity index (χ0) is 13.5. The monoisotopic (exact) mass is 270 g/mol. The lowest BCUT2D eigenvalue weighted by Gasteiger charge is -2.54. The van der Waals surface area contributed by atoms with Crippen LogP contribution in [0.3, 0.4) is 0 Å². The van der Waals surface area contributed by atoms with Gasteiger partial charge in [-0.3, -0.25) is 4.79 Å². The number of carbonyl (C=O) groups excluding carboxylic acids is 1. The van der Waals surface area contributed by atoms with E-state index >= 15 is 0 Å². The summed E-state index contributed by atoms with van der Waals surface area (Å²) in [4.78, 5) is 11.0. The van der Waals surface area contributed by atoms with Gasteiger partial charge in [0.25, 0.3) is 0 Å². The minimum absolute atomic E-state index is 0.677. The summed E-state index contributed by atoms with van der Waals surface area (Å²) in [5.74, 6) is 5.27. The molecule has 4 aliphatic rings. The van der Waals surface area contributed by atoms with Crippen LogP contribution in [0.25, 0.3) is 0 Å². The summed E-state index contributed by atoms with van der Waals surface area (Å²) in [6, 6.07) is 7.58. The Labute approximate surface area is 120 Å². The lowest BCUT2D eigenvalue weighted by atomic mass is 9.52. The number of carbonyl (C=O) groups is 1. The quantitative estimate of drug-likeness (QED) is 0.774. The number of aldehydes is 1. The smallest absolute Gasteiger partial charge is 0.153 e. The fourth-order valence-corrected chi connectivity index (χ4v) is 5.21. The molecule has 4 saturated carbocycles. The fourth-order valence-electron chi connectivity index (χ4n) is 5.21. The van der Waals surface area contributed by atoms with Gasteiger partial charge in [-0.05, 0) is 73.8 Å². The minimum Gasteiger partial charge on any atom is -0.493 e. The van der Waals surface area contributed by atoms with Gasteiger partial charge in [0.15, 0.2) is 6.29 Å². The van der Waals surface area contributed by atoms with Gasteiger partial charge >= 0.3 is 0 Å². The third-order valence-corrected chi connectivity index (χ3v) is 5.90. The molecule has 0 radical (unpaired) electrons. The third kappa shape index (κ3) is 2.06. The van der Waals surface area contributed by atoms with Crippen molar-refractivity contribution in [2.45, 2.75) is 32.1 Å². The van der Waals surface area contributed by atoms with Gasteiger partial charge in [0.05, 0.1) is 12.2 Å². The second-order valence-corrected chi connectivity index (χ2v) is 7.06. The first-order valence-electron chi connectivity index (χ1n) is 8.00. The number of ether oxygens (including phenoxy) is 1. The van der Waals surface area contributed by atoms with E-state index in [0.717, 1.165) is 48.2 Å². The van der Waals surface area contributed by atoms with Crippen LogP contribution < -0.4 is 4.74 Å². The van der Waals surface area contributed by atoms with Gasteiger partial charge in [0.2, 0.25) is 0 Å². The SMILES string of the molecule is O=Cc1ccccc1OCC1C2CC3CC(C2)CC1C3. The van der Waals surface area contributed by atoms with E-state index in [9.17, 15) is 4.79 Å². The van der Waals surface area contributed by atoms with Crippen LogP contribution in [0.15, 0.2) is 24.3 Å². The highest BCUT2D eigenvalue weighted by atomic mass is 16.5. The Morgan fingerprint density at radius 3 is 2.30 bits per heavy atom. The van der Waals surface area contributed by atoms with Crippen molar-refractivity contribution in [2.24, 2.45) is 29.6 Å². The molecule has 0 N–H and O–H groups in total. The molecular weight excluding hydrogens is 248 g/mol. The molecule has 0 heterocycles. The Hall–Kier alpha value is -1.31. The molecule has 2 heteroatoms. The zero-order valence-electron chi connectivity index (χ0n) is 11.8. The van der Waals surface area contributed by atoms with Gasteiger partial charge < -0.3 is 4.74 Å². The van der Waals surface area contributed by atoms with E-state index in [1.807, 2.05) is 24.3 Å². The molecule has 20 heavy (non-hydrogen) atoms. The lowest BCUT2D eigenvalue weighted by Crippen LogP contribution is -2.47. The van der Waals surface area contributed by atoms with Crippen molar-refractivity contribution in [3.05, 3.63) is 29.8 Å². The second-order valence-electron chi connectivity index (χ2n) is 7.06. The van der Waals surface area contributed by atoms with Crippen molar-refractivity contribution in [1.82, 2.24) is 0 Å². The van der Waals surface area contributed by atoms with Gasteiger partial charge in [-0.15, -0.1) is 0 Å². The first-order chi connectivity index (χ1) is 9.83. The molecule has 5 rings (SSSR count). The van der Waals surface area contributed by atoms with E-state index in [1.54, 1.807) is 0 Å². The van der Waals surface area contributed by atoms with E-state index < -0.39 is 0 Å². The van der Waals surface area contributed by atoms with Gasteiger partial charge in [0.1, 0.15) is 5.75 Å². The standard InChI is InChI=1S/C18H22O2/c19-10-14-3-1-2-4-18(14)20-11-17-15-6-12-5-13(8-15)9-16(17)7-12/h1-4,10,12-13,15-17H,5-9,11H2. The van der Waals surface area contributed by atoms with Gasteiger partial charge in [-0.1, -0.05) is 12.1 Å². The molecule has 4 aliphatic carbocycles. The second kappa shape index (κ2) is 4.91. The van der Waals surface area contributed by atoms with Crippen LogP contribution in [0.1, 0.15) is 42.5 Å². The number of hydrogen-bond acceptors (Lipinski definition) is 2. The maximum atomic E-state index is 11.0. The first kappa shape index (κ1) is 12.4. The van der Waals surface area contributed by atoms with Crippen molar-refractivity contribution in [2.75, 3.05) is 6.61 Å². The lowest BCUT2D eigenvalue weighted by molar-refractivity contribution is -0.0529. The van der Waals surface area contributed by atoms with Crippen LogP contribution in [0.5, 0.6) is 5.75 Å². The van der Waals surface area contributed by atoms with E-state index in [0.29, 0.717) is 5.56 Å². The number of rotatable bonds is 4. The largest absolute Gasteiger partial charge is 0.493 e. The summed E-state index contributed by atoms with van der Waals surface area (Å²) in [7, 11) is 0. The molecule has 0 atom stereocenters. The molecule has 0 aliphatic heterocycles. The van der Waals surface area contributed by atoms with E-state index in [4.69, 9.17) is 4.74 Å². The molecule has 106 valence electrons. The maximum Gasteiger partial charge on any atom is 0.153 e. The number of para-hydroxylation sites is 1. The Morgan fingerprint density at radius 1 is 1.00 bits per heavy atom. The van der Waals surface area contributed by atoms with Gasteiger partial charge in [-0.2, -0.15) is 0 Å². The van der Waals surface area contributed by atoms with Crippen molar-refractivity contribution in [3.8, 4) is 5.75 Å². The van der Waals surface area contributed by atoms with Crippen LogP contribution in [0.4, 0.5) is 0 Å². The summed E-state index contributed by atoms with van der Waals surface area (Å²) in [5.41, 5.74) is 0.677. The van der Waals surface area contributed by atoms with Crippen LogP contribution in [0, 0.1) is 29.6 Å². The maximum absolute atomic E-state index is 11.0. The van der Waals surface area contributed by atoms with Gasteiger partial charge in [0, 0.05) is 0 Å². The average Bonchev–Trinajstić information content (AvgIpc) is 2.46. The van der Waals surface area contributed by atoms with E-state index in [1.165, 1.54) is 32.1 Å². The van der Waals surface area contributed by atoms with Crippen LogP contribution >= 0.6 is 0 Å². The van der Waals surface area contributed by atoms with Crippen molar-refractivity contribution < 1.29 is 9.53 Å². The summed E-state index contributed by atoms with van der Waals surface area (Å²) in [6.07, 6.45) is 8.10. The fraction of sp³-hybridized carbons (Fsp3) is 0.611. The summed E-state index contributed by atoms with van der Waals surface area (Å²) in [6.45, 7) is 0.805. The molecule has 4 fully saturated rings. The highest BCUT2D eigenvalue weighted by Crippen LogP contribution is 2.56. The van der Waals surface area contributed by atoms with Crippen LogP contribution in [-0.4, -0.2) is 12.9 Å². The predicted octanol–water partition coefficient (Wildman–Crippen LogP) is 3.95. The topological polar surface area (TPSA) is 26.3 Å². The van der Waals surface area contributed by atoms with Crippen molar-refractivity contribution >= 4 is 6.29 Å². The van der Waals surface area contributed by atoms with Crippen LogP contribution in [-0.2, 0) is 0 Å². The molecule has 0 saturated heterocycles. The Morgan fingerprint density at radius 2 is 1.65 bits per heavy atom. The summed E-state index contributed by atoms with van der Waals surface area (Å²) < 4.78 is 6.02. The Kier molecular flexibility index (Phi) is 3.05. The highest BCUT2D eigenvalue weighted by molar-refractivity contribution is 5.79. The van der Waals surface area contributed by atoms with Crippen molar-refractivity contribution in [1.29, 1.82) is 0 Å². The molecule has 1 aromatic carbocycles. The average molecular weight is 270 g/mol. The molecular formula is C18H22O2. The number of benzene rings is 1. The molecule has 4 bridgehead atoms. The molecule has 0 spiro atoms. The zero-order valence-corrected chi connectivity index (χ0v) is 11.8. The Bertz CT molecular complexity index is 480. The summed E-state index contributed by atoms with van der Waals surface area (Å²) in [5, 5.41) is 0. The van der Waals surface area contributed by atoms with Crippen LogP contribution in [0.2, 0.25) is 0 Å². The molecule has 2 nitrogen and oxygen atoms in total. The number of hydrogen-bond donors (Lipinski definition) is 0. The van der Waals surface area contributed by atoms with E-state index in [2.05, 4.69) is 0 Å². The molecule has 0 amide bonds. The molecule has 0 aromatic heterocycles. The van der Waals surface area contributed by atoms with Crippen molar-refractivity contribution in [3.63, 3.8) is 0 Å². The normalized spacial score (nSPS) is 37.9.